The number of hydrogen-bond acceptors (Lipinski definition) is 10. The molecule has 16 heteroatoms. The number of hydrogen-bond donors (Lipinski definition) is 5. The van der Waals surface area contributed by atoms with E-state index in [-0.39, 0.29) is 19.8 Å². The van der Waals surface area contributed by atoms with Crippen LogP contribution in [0.4, 0.5) is 15.5 Å². The van der Waals surface area contributed by atoms with Gasteiger partial charge in [-0.25, -0.2) is 24.4 Å². The number of nitrogens with zero attached hydrogens (tertiary/aromatic N) is 3. The summed E-state index contributed by atoms with van der Waals surface area (Å²) >= 11 is 0. The molecule has 0 saturated carbocycles. The van der Waals surface area contributed by atoms with E-state index in [0.717, 1.165) is 12.4 Å². The van der Waals surface area contributed by atoms with Crippen molar-refractivity contribution in [1.82, 2.24) is 30.6 Å². The first-order valence-corrected chi connectivity index (χ1v) is 13.4. The first kappa shape index (κ1) is 29.0. The van der Waals surface area contributed by atoms with Crippen LogP contribution < -0.4 is 25.4 Å². The summed E-state index contributed by atoms with van der Waals surface area (Å²) in [4.78, 5) is 69.9. The van der Waals surface area contributed by atoms with E-state index in [0.29, 0.717) is 51.5 Å². The number of rotatable bonds is 12. The van der Waals surface area contributed by atoms with Crippen LogP contribution in [0, 0.1) is 0 Å². The lowest BCUT2D eigenvalue weighted by molar-refractivity contribution is -0.156. The van der Waals surface area contributed by atoms with Crippen LogP contribution in [-0.4, -0.2) is 87.0 Å². The van der Waals surface area contributed by atoms with Crippen molar-refractivity contribution in [3.63, 3.8) is 0 Å². The highest BCUT2D eigenvalue weighted by Crippen LogP contribution is 2.35. The maximum Gasteiger partial charge on any atom is 0.408 e. The predicted molar refractivity (Wildman–Crippen MR) is 148 cm³/mol. The van der Waals surface area contributed by atoms with E-state index in [1.165, 1.54) is 0 Å². The molecule has 16 nitrogen and oxygen atoms in total. The maximum absolute atomic E-state index is 13.1. The Morgan fingerprint density at radius 2 is 1.93 bits per heavy atom. The molecular formula is C27H29N7O9. The lowest BCUT2D eigenvalue weighted by Gasteiger charge is -2.30. The minimum atomic E-state index is -1.67. The monoisotopic (exact) mass is 595 g/mol. The van der Waals surface area contributed by atoms with E-state index in [9.17, 15) is 29.1 Å². The van der Waals surface area contributed by atoms with Gasteiger partial charge in [0.2, 0.25) is 18.6 Å². The zero-order valence-corrected chi connectivity index (χ0v) is 23.0. The number of aromatic amines is 1. The van der Waals surface area contributed by atoms with Crippen LogP contribution >= 0.6 is 0 Å². The number of carboxylic acid groups (broad SMARTS) is 1. The molecule has 2 aliphatic rings. The number of aliphatic carboxylic acids is 1. The number of imide groups is 1. The second-order valence-electron chi connectivity index (χ2n) is 9.73. The number of fused-ring (bicyclic) bond motifs is 2. The van der Waals surface area contributed by atoms with Gasteiger partial charge in [0.25, 0.3) is 5.91 Å². The number of benzene rings is 2. The lowest BCUT2D eigenvalue weighted by Crippen LogP contribution is -2.57. The van der Waals surface area contributed by atoms with Gasteiger partial charge >= 0.3 is 18.1 Å². The van der Waals surface area contributed by atoms with E-state index in [1.54, 1.807) is 42.5 Å². The minimum absolute atomic E-state index is 0.110. The maximum atomic E-state index is 13.1. The fourth-order valence-corrected chi connectivity index (χ4v) is 4.56. The number of nitrogens with one attached hydrogen (secondary N) is 4. The Hall–Kier alpha value is -5.54. The molecule has 43 heavy (non-hydrogen) atoms. The fraction of sp³-hybridized carbons (Fsp3) is 0.333. The molecule has 0 unspecified atom stereocenters. The highest BCUT2D eigenvalue weighted by Gasteiger charge is 2.43. The van der Waals surface area contributed by atoms with Gasteiger partial charge in [-0.15, -0.1) is 0 Å². The third-order valence-electron chi connectivity index (χ3n) is 6.70. The van der Waals surface area contributed by atoms with Crippen molar-refractivity contribution in [2.75, 3.05) is 25.2 Å². The van der Waals surface area contributed by atoms with Crippen LogP contribution in [0.3, 0.4) is 0 Å². The second-order valence-corrected chi connectivity index (χ2v) is 9.73. The number of anilines is 1. The third-order valence-corrected chi connectivity index (χ3v) is 6.70. The molecule has 1 saturated heterocycles. The molecule has 0 radical (unpaired) electrons. The van der Waals surface area contributed by atoms with Gasteiger partial charge in [0.15, 0.2) is 11.5 Å². The number of aromatic nitrogens is 2. The summed E-state index contributed by atoms with van der Waals surface area (Å²) in [5.74, 6) is -1.26. The van der Waals surface area contributed by atoms with E-state index in [1.807, 2.05) is 0 Å². The molecule has 1 aromatic heterocycles. The van der Waals surface area contributed by atoms with Gasteiger partial charge < -0.3 is 40.3 Å². The van der Waals surface area contributed by atoms with Crippen LogP contribution in [0.5, 0.6) is 11.5 Å². The van der Waals surface area contributed by atoms with Crippen LogP contribution in [0.1, 0.15) is 25.3 Å². The minimum Gasteiger partial charge on any atom is -0.480 e. The summed E-state index contributed by atoms with van der Waals surface area (Å²) < 4.78 is 15.8. The first-order chi connectivity index (χ1) is 20.7. The fourth-order valence-electron chi connectivity index (χ4n) is 4.56. The molecule has 3 aromatic rings. The van der Waals surface area contributed by atoms with Gasteiger partial charge in [0.05, 0.1) is 17.6 Å². The highest BCUT2D eigenvalue weighted by atomic mass is 16.7. The van der Waals surface area contributed by atoms with Crippen molar-refractivity contribution in [3.05, 3.63) is 48.0 Å². The molecule has 0 bridgehead atoms. The molecular weight excluding hydrogens is 566 g/mol. The van der Waals surface area contributed by atoms with Gasteiger partial charge in [-0.05, 0) is 18.4 Å². The number of H-pyrrole nitrogens is 1. The number of carbonyl (C=O) groups excluding carboxylic acids is 4. The number of carboxylic acids is 1. The number of carbonyl (C=O) groups is 5. The molecule has 0 aliphatic carbocycles. The summed E-state index contributed by atoms with van der Waals surface area (Å²) in [6.07, 6.45) is -0.378. The number of hydrazine groups is 1. The van der Waals surface area contributed by atoms with E-state index in [4.69, 9.17) is 14.2 Å². The molecule has 226 valence electrons. The van der Waals surface area contributed by atoms with Crippen LogP contribution in [-0.2, 0) is 25.7 Å². The number of alkyl carbamates (subject to hydrolysis) is 1. The van der Waals surface area contributed by atoms with Crippen molar-refractivity contribution >= 4 is 46.9 Å². The number of amides is 5. The molecule has 2 atom stereocenters. The molecule has 3 heterocycles. The second kappa shape index (κ2) is 12.5. The normalized spacial score (nSPS) is 16.1. The molecule has 0 spiro atoms. The quantitative estimate of drug-likeness (QED) is 0.150. The van der Waals surface area contributed by atoms with E-state index < -0.39 is 48.5 Å². The zero-order valence-electron chi connectivity index (χ0n) is 23.0. The average Bonchev–Trinajstić information content (AvgIpc) is 3.67. The number of imidazole rings is 1. The van der Waals surface area contributed by atoms with Gasteiger partial charge in [-0.1, -0.05) is 30.3 Å². The van der Waals surface area contributed by atoms with Crippen LogP contribution in [0.15, 0.2) is 42.5 Å². The third kappa shape index (κ3) is 6.69. The predicted octanol–water partition coefficient (Wildman–Crippen LogP) is 1.55. The Labute approximate surface area is 244 Å². The summed E-state index contributed by atoms with van der Waals surface area (Å²) in [7, 11) is 0. The van der Waals surface area contributed by atoms with Crippen molar-refractivity contribution in [1.29, 1.82) is 0 Å². The Kier molecular flexibility index (Phi) is 8.45. The van der Waals surface area contributed by atoms with Gasteiger partial charge in [0, 0.05) is 25.6 Å². The van der Waals surface area contributed by atoms with Crippen molar-refractivity contribution < 1.29 is 43.3 Å². The standard InChI is InChI=1S/C27H29N7O9/c1-15(35)33(12-20(24(37)38)32-27(40)41-13-16-6-3-2-4-7-16)34-23(36)17(31-26(34)39)8-5-9-28-25-29-18-10-21-22(43-14-42-21)11-19(18)30-25/h2-4,6-7,10-11,17,20H,5,8-9,12-14H2,1H3,(H,31,39)(H,32,40)(H,37,38)(H2,28,29,30)/t17-,20-/m0/s1. The highest BCUT2D eigenvalue weighted by molar-refractivity contribution is 6.05. The van der Waals surface area contributed by atoms with Crippen LogP contribution in [0.2, 0.25) is 0 Å². The molecule has 2 aromatic carbocycles. The number of urea groups is 1. The molecule has 5 rings (SSSR count). The molecule has 5 amide bonds. The van der Waals surface area contributed by atoms with Gasteiger partial charge in [-0.3, -0.25) is 9.59 Å². The van der Waals surface area contributed by atoms with Crippen molar-refractivity contribution in [3.8, 4) is 11.5 Å². The number of ether oxygens (including phenoxy) is 3. The summed E-state index contributed by atoms with van der Waals surface area (Å²) in [5.41, 5.74) is 2.12. The Bertz CT molecular complexity index is 1500. The van der Waals surface area contributed by atoms with Crippen LogP contribution in [0.25, 0.3) is 11.0 Å². The largest absolute Gasteiger partial charge is 0.480 e. The van der Waals surface area contributed by atoms with Gasteiger partial charge in [0.1, 0.15) is 18.7 Å². The Balaban J connectivity index is 1.13. The Morgan fingerprint density at radius 1 is 1.19 bits per heavy atom. The molecule has 2 aliphatic heterocycles. The Morgan fingerprint density at radius 3 is 2.65 bits per heavy atom. The average molecular weight is 596 g/mol. The smallest absolute Gasteiger partial charge is 0.408 e. The first-order valence-electron chi connectivity index (χ1n) is 13.4. The topological polar surface area (TPSA) is 205 Å². The zero-order chi connectivity index (χ0) is 30.5. The SMILES string of the molecule is CC(=O)N(C[C@H](NC(=O)OCc1ccccc1)C(=O)O)N1C(=O)N[C@@H](CCCNc2nc3cc4c(cc3[nH]2)OCO4)C1=O. The van der Waals surface area contributed by atoms with Crippen molar-refractivity contribution in [2.24, 2.45) is 0 Å². The lowest BCUT2D eigenvalue weighted by atomic mass is 10.1. The van der Waals surface area contributed by atoms with E-state index in [2.05, 4.69) is 25.9 Å². The molecule has 5 N–H and O–H groups in total. The van der Waals surface area contributed by atoms with E-state index >= 15 is 0 Å². The van der Waals surface area contributed by atoms with Gasteiger partial charge in [-0.2, -0.15) is 5.01 Å². The molecule has 1 fully saturated rings. The summed E-state index contributed by atoms with van der Waals surface area (Å²) in [6, 6.07) is 8.78. The van der Waals surface area contributed by atoms with Crippen molar-refractivity contribution in [2.45, 2.75) is 38.5 Å². The summed E-state index contributed by atoms with van der Waals surface area (Å²) in [6.45, 7) is 0.834. The summed E-state index contributed by atoms with van der Waals surface area (Å²) in [5, 5.41) is 18.7.